The standard InChI is InChI=1S/C23H29N5O2S.HI/c1-3-24-23(25-12-11-22-27-15-18(2)31-22)28-17-19-9-10-21(26-16-19)30-14-13-29-20-7-5-4-6-8-20;/h4-10,15-16H,3,11-14,17H2,1-2H3,(H2,24,25,28);1H. The molecule has 0 spiro atoms. The molecule has 2 aromatic heterocycles. The van der Waals surface area contributed by atoms with Crippen LogP contribution in [0.2, 0.25) is 0 Å². The number of aryl methyl sites for hydroxylation is 1. The van der Waals surface area contributed by atoms with Crippen LogP contribution < -0.4 is 20.1 Å². The summed E-state index contributed by atoms with van der Waals surface area (Å²) in [4.78, 5) is 14.6. The van der Waals surface area contributed by atoms with Crippen LogP contribution in [0.15, 0.2) is 59.9 Å². The van der Waals surface area contributed by atoms with Crippen molar-refractivity contribution in [3.8, 4) is 11.6 Å². The van der Waals surface area contributed by atoms with Gasteiger partial charge in [-0.1, -0.05) is 24.3 Å². The van der Waals surface area contributed by atoms with Crippen LogP contribution in [0.3, 0.4) is 0 Å². The average Bonchev–Trinajstić information content (AvgIpc) is 3.21. The molecular formula is C23H30IN5O2S. The largest absolute Gasteiger partial charge is 0.490 e. The van der Waals surface area contributed by atoms with Crippen LogP contribution in [0.25, 0.3) is 0 Å². The topological polar surface area (TPSA) is 80.7 Å². The Hall–Kier alpha value is -2.40. The van der Waals surface area contributed by atoms with E-state index in [4.69, 9.17) is 9.47 Å². The molecule has 0 fully saturated rings. The predicted octanol–water partition coefficient (Wildman–Crippen LogP) is 4.22. The number of thiazole rings is 1. The second kappa shape index (κ2) is 14.6. The molecule has 0 aliphatic carbocycles. The van der Waals surface area contributed by atoms with Crippen molar-refractivity contribution in [2.75, 3.05) is 26.3 Å². The zero-order chi connectivity index (χ0) is 21.7. The Labute approximate surface area is 210 Å². The van der Waals surface area contributed by atoms with Crippen molar-refractivity contribution in [2.45, 2.75) is 26.8 Å². The molecule has 0 bridgehead atoms. The highest BCUT2D eigenvalue weighted by Crippen LogP contribution is 2.12. The lowest BCUT2D eigenvalue weighted by molar-refractivity contribution is 0.212. The number of ether oxygens (including phenoxy) is 2. The van der Waals surface area contributed by atoms with Gasteiger partial charge >= 0.3 is 0 Å². The Morgan fingerprint density at radius 1 is 1.00 bits per heavy atom. The van der Waals surface area contributed by atoms with Crippen LogP contribution in [-0.2, 0) is 13.0 Å². The smallest absolute Gasteiger partial charge is 0.213 e. The lowest BCUT2D eigenvalue weighted by Gasteiger charge is -2.11. The van der Waals surface area contributed by atoms with E-state index in [0.717, 1.165) is 41.8 Å². The first-order valence-corrected chi connectivity index (χ1v) is 11.2. The van der Waals surface area contributed by atoms with E-state index in [1.165, 1.54) is 4.88 Å². The van der Waals surface area contributed by atoms with Crippen molar-refractivity contribution >= 4 is 41.3 Å². The summed E-state index contributed by atoms with van der Waals surface area (Å²) in [6.07, 6.45) is 4.58. The fourth-order valence-electron chi connectivity index (χ4n) is 2.73. The monoisotopic (exact) mass is 567 g/mol. The quantitative estimate of drug-likeness (QED) is 0.156. The molecule has 2 N–H and O–H groups in total. The summed E-state index contributed by atoms with van der Waals surface area (Å²) >= 11 is 1.73. The Kier molecular flexibility index (Phi) is 11.8. The zero-order valence-electron chi connectivity index (χ0n) is 18.4. The predicted molar refractivity (Wildman–Crippen MR) is 140 cm³/mol. The van der Waals surface area contributed by atoms with Gasteiger partial charge in [-0.2, -0.15) is 0 Å². The third-order valence-electron chi connectivity index (χ3n) is 4.21. The number of nitrogens with zero attached hydrogens (tertiary/aromatic N) is 3. The summed E-state index contributed by atoms with van der Waals surface area (Å²) in [5.74, 6) is 2.20. The molecule has 0 unspecified atom stereocenters. The van der Waals surface area contributed by atoms with Crippen molar-refractivity contribution in [3.05, 3.63) is 70.3 Å². The van der Waals surface area contributed by atoms with Gasteiger partial charge in [-0.15, -0.1) is 35.3 Å². The van der Waals surface area contributed by atoms with Gasteiger partial charge in [0.15, 0.2) is 5.96 Å². The fraction of sp³-hybridized carbons (Fsp3) is 0.348. The second-order valence-electron chi connectivity index (χ2n) is 6.75. The van der Waals surface area contributed by atoms with Gasteiger partial charge in [0.25, 0.3) is 0 Å². The molecule has 9 heteroatoms. The lowest BCUT2D eigenvalue weighted by Crippen LogP contribution is -2.38. The molecule has 0 saturated carbocycles. The summed E-state index contributed by atoms with van der Waals surface area (Å²) in [5.41, 5.74) is 1.01. The first-order valence-electron chi connectivity index (χ1n) is 10.4. The van der Waals surface area contributed by atoms with Crippen molar-refractivity contribution in [2.24, 2.45) is 4.99 Å². The number of benzene rings is 1. The van der Waals surface area contributed by atoms with Gasteiger partial charge in [0.2, 0.25) is 5.88 Å². The van der Waals surface area contributed by atoms with E-state index in [2.05, 4.69) is 39.4 Å². The van der Waals surface area contributed by atoms with Gasteiger partial charge in [-0.05, 0) is 31.5 Å². The third-order valence-corrected chi connectivity index (χ3v) is 5.18. The van der Waals surface area contributed by atoms with Crippen molar-refractivity contribution < 1.29 is 9.47 Å². The number of aliphatic imine (C=N–C) groups is 1. The third kappa shape index (κ3) is 9.39. The van der Waals surface area contributed by atoms with E-state index >= 15 is 0 Å². The minimum absolute atomic E-state index is 0. The average molecular weight is 567 g/mol. The molecular weight excluding hydrogens is 537 g/mol. The molecule has 0 amide bonds. The Morgan fingerprint density at radius 3 is 2.50 bits per heavy atom. The number of guanidine groups is 1. The second-order valence-corrected chi connectivity index (χ2v) is 8.07. The molecule has 2 heterocycles. The number of para-hydroxylation sites is 1. The van der Waals surface area contributed by atoms with Gasteiger partial charge in [-0.3, -0.25) is 0 Å². The van der Waals surface area contributed by atoms with Crippen LogP contribution >= 0.6 is 35.3 Å². The molecule has 3 rings (SSSR count). The van der Waals surface area contributed by atoms with Crippen LogP contribution in [0, 0.1) is 6.92 Å². The van der Waals surface area contributed by atoms with Crippen LogP contribution in [0.1, 0.15) is 22.4 Å². The van der Waals surface area contributed by atoms with E-state index in [1.807, 2.05) is 48.7 Å². The van der Waals surface area contributed by atoms with Gasteiger partial charge in [0.1, 0.15) is 19.0 Å². The zero-order valence-corrected chi connectivity index (χ0v) is 21.6. The van der Waals surface area contributed by atoms with E-state index in [-0.39, 0.29) is 24.0 Å². The molecule has 172 valence electrons. The molecule has 7 nitrogen and oxygen atoms in total. The van der Waals surface area contributed by atoms with Gasteiger partial charge in [-0.25, -0.2) is 15.0 Å². The molecule has 0 aliphatic rings. The number of hydrogen-bond donors (Lipinski definition) is 2. The highest BCUT2D eigenvalue weighted by atomic mass is 127. The van der Waals surface area contributed by atoms with Crippen LogP contribution in [0.5, 0.6) is 11.6 Å². The molecule has 1 aromatic carbocycles. The molecule has 0 saturated heterocycles. The van der Waals surface area contributed by atoms with Crippen LogP contribution in [0.4, 0.5) is 0 Å². The molecule has 0 radical (unpaired) electrons. The maximum Gasteiger partial charge on any atom is 0.213 e. The van der Waals surface area contributed by atoms with Crippen molar-refractivity contribution in [1.82, 2.24) is 20.6 Å². The Bertz CT molecular complexity index is 935. The summed E-state index contributed by atoms with van der Waals surface area (Å²) in [7, 11) is 0. The lowest BCUT2D eigenvalue weighted by atomic mass is 10.3. The summed E-state index contributed by atoms with van der Waals surface area (Å²) in [6.45, 7) is 7.16. The maximum atomic E-state index is 5.64. The number of halogens is 1. The van der Waals surface area contributed by atoms with Crippen molar-refractivity contribution in [3.63, 3.8) is 0 Å². The molecule has 0 atom stereocenters. The normalized spacial score (nSPS) is 10.9. The SMILES string of the molecule is CCNC(=NCc1ccc(OCCOc2ccccc2)nc1)NCCc1ncc(C)s1.I. The summed E-state index contributed by atoms with van der Waals surface area (Å²) in [6, 6.07) is 13.5. The van der Waals surface area contributed by atoms with E-state index < -0.39 is 0 Å². The van der Waals surface area contributed by atoms with Gasteiger partial charge in [0, 0.05) is 42.8 Å². The number of aromatic nitrogens is 2. The summed E-state index contributed by atoms with van der Waals surface area (Å²) < 4.78 is 11.3. The van der Waals surface area contributed by atoms with Gasteiger partial charge < -0.3 is 20.1 Å². The van der Waals surface area contributed by atoms with Crippen LogP contribution in [-0.4, -0.2) is 42.2 Å². The molecule has 3 aromatic rings. The minimum atomic E-state index is 0. The van der Waals surface area contributed by atoms with E-state index in [1.54, 1.807) is 17.5 Å². The maximum absolute atomic E-state index is 5.64. The Morgan fingerprint density at radius 2 is 1.81 bits per heavy atom. The number of hydrogen-bond acceptors (Lipinski definition) is 6. The van der Waals surface area contributed by atoms with E-state index in [0.29, 0.717) is 25.6 Å². The first kappa shape index (κ1) is 25.9. The molecule has 0 aliphatic heterocycles. The highest BCUT2D eigenvalue weighted by Gasteiger charge is 2.02. The highest BCUT2D eigenvalue weighted by molar-refractivity contribution is 14.0. The number of nitrogens with one attached hydrogen (secondary N) is 2. The van der Waals surface area contributed by atoms with Crippen molar-refractivity contribution in [1.29, 1.82) is 0 Å². The number of pyridine rings is 1. The summed E-state index contributed by atoms with van der Waals surface area (Å²) in [5, 5.41) is 7.75. The fourth-order valence-corrected chi connectivity index (χ4v) is 3.52. The first-order chi connectivity index (χ1) is 15.2. The minimum Gasteiger partial charge on any atom is -0.490 e. The van der Waals surface area contributed by atoms with Gasteiger partial charge in [0.05, 0.1) is 11.6 Å². The van der Waals surface area contributed by atoms with E-state index in [9.17, 15) is 0 Å². The molecule has 32 heavy (non-hydrogen) atoms. The number of rotatable bonds is 11. The Balaban J connectivity index is 0.00000363.